The average Bonchev–Trinajstić information content (AvgIpc) is 2.54. The Bertz CT molecular complexity index is 502. The fourth-order valence-electron chi connectivity index (χ4n) is 2.40. The van der Waals surface area contributed by atoms with E-state index in [2.05, 4.69) is 10.2 Å². The van der Waals surface area contributed by atoms with Gasteiger partial charge in [0, 0.05) is 38.3 Å². The lowest BCUT2D eigenvalue weighted by atomic mass is 10.1. The lowest BCUT2D eigenvalue weighted by molar-refractivity contribution is -0.742. The van der Waals surface area contributed by atoms with Crippen molar-refractivity contribution < 1.29 is 24.5 Å². The normalized spacial score (nSPS) is 14.4. The Kier molecular flexibility index (Phi) is 7.92. The zero-order valence-electron chi connectivity index (χ0n) is 13.6. The molecule has 1 heterocycles. The molecule has 0 bridgehead atoms. The maximum atomic E-state index is 8.36. The van der Waals surface area contributed by atoms with Crippen LogP contribution in [0.4, 0.5) is 0 Å². The summed E-state index contributed by atoms with van der Waals surface area (Å²) >= 11 is 0. The molecular formula is C14H23N3O6. The van der Waals surface area contributed by atoms with Gasteiger partial charge >= 0.3 is 0 Å². The number of ether oxygens (including phenoxy) is 3. The van der Waals surface area contributed by atoms with Gasteiger partial charge in [0.1, 0.15) is 0 Å². The Morgan fingerprint density at radius 2 is 1.74 bits per heavy atom. The molecule has 2 rings (SSSR count). The van der Waals surface area contributed by atoms with Crippen LogP contribution in [0.25, 0.3) is 0 Å². The van der Waals surface area contributed by atoms with Gasteiger partial charge in [0.2, 0.25) is 5.75 Å². The standard InChI is InChI=1S/C14H22N2O3.HNO3/c1-17-12-5-4-11(13(18-2)14(12)19-3)10-16-8-6-15-7-9-16;2-1(3)4/h4-5,15H,6-10H2,1-3H3;(H,2,3,4). The first-order valence-electron chi connectivity index (χ1n) is 7.07. The molecule has 0 aromatic heterocycles. The zero-order valence-corrected chi connectivity index (χ0v) is 13.6. The van der Waals surface area contributed by atoms with E-state index in [0.29, 0.717) is 11.5 Å². The summed E-state index contributed by atoms with van der Waals surface area (Å²) < 4.78 is 16.2. The van der Waals surface area contributed by atoms with Gasteiger partial charge in [-0.15, -0.1) is 10.1 Å². The highest BCUT2D eigenvalue weighted by molar-refractivity contribution is 5.55. The minimum absolute atomic E-state index is 0.664. The third-order valence-electron chi connectivity index (χ3n) is 3.39. The first-order valence-corrected chi connectivity index (χ1v) is 7.07. The molecule has 0 unspecified atom stereocenters. The van der Waals surface area contributed by atoms with Crippen molar-refractivity contribution in [2.24, 2.45) is 0 Å². The lowest BCUT2D eigenvalue weighted by Crippen LogP contribution is -2.42. The van der Waals surface area contributed by atoms with E-state index in [4.69, 9.17) is 29.5 Å². The number of benzene rings is 1. The summed E-state index contributed by atoms with van der Waals surface area (Å²) in [4.78, 5) is 10.8. The molecule has 1 aliphatic rings. The Labute approximate surface area is 134 Å². The third kappa shape index (κ3) is 5.80. The van der Waals surface area contributed by atoms with Crippen molar-refractivity contribution in [1.29, 1.82) is 0 Å². The quantitative estimate of drug-likeness (QED) is 0.603. The molecule has 1 fully saturated rings. The molecule has 1 aliphatic heterocycles. The van der Waals surface area contributed by atoms with Crippen LogP contribution in [0.2, 0.25) is 0 Å². The van der Waals surface area contributed by atoms with E-state index in [1.165, 1.54) is 0 Å². The number of methoxy groups -OCH3 is 3. The predicted molar refractivity (Wildman–Crippen MR) is 83.0 cm³/mol. The fourth-order valence-corrected chi connectivity index (χ4v) is 2.40. The van der Waals surface area contributed by atoms with E-state index in [0.717, 1.165) is 44.0 Å². The highest BCUT2D eigenvalue weighted by Crippen LogP contribution is 2.40. The van der Waals surface area contributed by atoms with Crippen molar-refractivity contribution in [3.8, 4) is 17.2 Å². The molecule has 1 saturated heterocycles. The lowest BCUT2D eigenvalue weighted by Gasteiger charge is -2.28. The van der Waals surface area contributed by atoms with E-state index in [1.807, 2.05) is 12.1 Å². The predicted octanol–water partition coefficient (Wildman–Crippen LogP) is 0.770. The van der Waals surface area contributed by atoms with Gasteiger partial charge in [-0.25, -0.2) is 0 Å². The summed E-state index contributed by atoms with van der Waals surface area (Å²) in [6.07, 6.45) is 0. The molecule has 1 aromatic rings. The first-order chi connectivity index (χ1) is 11.0. The smallest absolute Gasteiger partial charge is 0.291 e. The maximum Gasteiger partial charge on any atom is 0.291 e. The summed E-state index contributed by atoms with van der Waals surface area (Å²) in [5.41, 5.74) is 1.13. The van der Waals surface area contributed by atoms with Crippen LogP contribution >= 0.6 is 0 Å². The van der Waals surface area contributed by atoms with E-state index in [1.54, 1.807) is 21.3 Å². The van der Waals surface area contributed by atoms with Crippen LogP contribution in [-0.2, 0) is 6.54 Å². The number of nitrogens with one attached hydrogen (secondary N) is 1. The van der Waals surface area contributed by atoms with Gasteiger partial charge in [0.05, 0.1) is 21.3 Å². The van der Waals surface area contributed by atoms with Crippen molar-refractivity contribution in [3.63, 3.8) is 0 Å². The largest absolute Gasteiger partial charge is 0.493 e. The topological polar surface area (TPSA) is 106 Å². The maximum absolute atomic E-state index is 8.36. The summed E-state index contributed by atoms with van der Waals surface area (Å²) in [5.74, 6) is 2.13. The number of piperazine rings is 1. The minimum Gasteiger partial charge on any atom is -0.493 e. The van der Waals surface area contributed by atoms with E-state index in [-0.39, 0.29) is 0 Å². The van der Waals surface area contributed by atoms with E-state index in [9.17, 15) is 0 Å². The third-order valence-corrected chi connectivity index (χ3v) is 3.39. The second kappa shape index (κ2) is 9.70. The summed E-state index contributed by atoms with van der Waals surface area (Å²) in [6, 6.07) is 3.97. The molecule has 0 amide bonds. The van der Waals surface area contributed by atoms with Crippen molar-refractivity contribution >= 4 is 0 Å². The van der Waals surface area contributed by atoms with Gasteiger partial charge < -0.3 is 24.7 Å². The summed E-state index contributed by atoms with van der Waals surface area (Å²) in [6.45, 7) is 5.05. The Morgan fingerprint density at radius 3 is 2.22 bits per heavy atom. The van der Waals surface area contributed by atoms with Gasteiger partial charge in [-0.05, 0) is 6.07 Å². The molecule has 0 spiro atoms. The van der Waals surface area contributed by atoms with Crippen LogP contribution in [-0.4, -0.2) is 62.7 Å². The molecule has 0 atom stereocenters. The number of hydrogen-bond acceptors (Lipinski definition) is 7. The van der Waals surface area contributed by atoms with Crippen molar-refractivity contribution in [3.05, 3.63) is 27.8 Å². The van der Waals surface area contributed by atoms with Crippen LogP contribution in [0.3, 0.4) is 0 Å². The Morgan fingerprint density at radius 1 is 1.17 bits per heavy atom. The van der Waals surface area contributed by atoms with Gasteiger partial charge in [-0.3, -0.25) is 4.90 Å². The monoisotopic (exact) mass is 329 g/mol. The van der Waals surface area contributed by atoms with Gasteiger partial charge in [-0.2, -0.15) is 0 Å². The molecule has 130 valence electrons. The van der Waals surface area contributed by atoms with Gasteiger partial charge in [0.15, 0.2) is 11.5 Å². The van der Waals surface area contributed by atoms with Crippen molar-refractivity contribution in [2.45, 2.75) is 6.54 Å². The number of rotatable bonds is 5. The van der Waals surface area contributed by atoms with Crippen LogP contribution in [0.15, 0.2) is 12.1 Å². The Balaban J connectivity index is 0.000000593. The summed E-state index contributed by atoms with van der Waals surface area (Å²) in [5, 5.41) is 17.0. The molecule has 2 N–H and O–H groups in total. The van der Waals surface area contributed by atoms with Crippen LogP contribution in [0.5, 0.6) is 17.2 Å². The van der Waals surface area contributed by atoms with E-state index >= 15 is 0 Å². The van der Waals surface area contributed by atoms with Crippen molar-refractivity contribution in [1.82, 2.24) is 10.2 Å². The Hall–Kier alpha value is -2.26. The SMILES string of the molecule is COc1ccc(CN2CCNCC2)c(OC)c1OC.O=[N+]([O-])O. The fraction of sp³-hybridized carbons (Fsp3) is 0.571. The zero-order chi connectivity index (χ0) is 17.2. The first kappa shape index (κ1) is 18.8. The highest BCUT2D eigenvalue weighted by atomic mass is 16.9. The van der Waals surface area contributed by atoms with E-state index < -0.39 is 5.09 Å². The second-order valence-electron chi connectivity index (χ2n) is 4.76. The molecule has 23 heavy (non-hydrogen) atoms. The molecule has 0 saturated carbocycles. The molecule has 0 aliphatic carbocycles. The summed E-state index contributed by atoms with van der Waals surface area (Å²) in [7, 11) is 4.93. The van der Waals surface area contributed by atoms with Gasteiger partial charge in [-0.1, -0.05) is 6.07 Å². The van der Waals surface area contributed by atoms with Crippen molar-refractivity contribution in [2.75, 3.05) is 47.5 Å². The molecular weight excluding hydrogens is 306 g/mol. The highest BCUT2D eigenvalue weighted by Gasteiger charge is 2.18. The van der Waals surface area contributed by atoms with Crippen LogP contribution in [0.1, 0.15) is 5.56 Å². The van der Waals surface area contributed by atoms with Crippen LogP contribution in [0, 0.1) is 10.1 Å². The number of nitrogens with zero attached hydrogens (tertiary/aromatic N) is 2. The number of hydrogen-bond donors (Lipinski definition) is 2. The molecule has 9 nitrogen and oxygen atoms in total. The molecule has 1 aromatic carbocycles. The minimum atomic E-state index is -1.50. The second-order valence-corrected chi connectivity index (χ2v) is 4.76. The molecule has 0 radical (unpaired) electrons. The van der Waals surface area contributed by atoms with Gasteiger partial charge in [0.25, 0.3) is 5.09 Å². The van der Waals surface area contributed by atoms with Crippen LogP contribution < -0.4 is 19.5 Å². The average molecular weight is 329 g/mol. The molecule has 9 heteroatoms.